The smallest absolute Gasteiger partial charge is 0.240 e. The fourth-order valence-electron chi connectivity index (χ4n) is 8.05. The van der Waals surface area contributed by atoms with Crippen molar-refractivity contribution >= 4 is 49.5 Å². The number of ether oxygens (including phenoxy) is 1. The number of nitrogens with one attached hydrogen (secondary N) is 1. The summed E-state index contributed by atoms with van der Waals surface area (Å²) in [5.74, 6) is 2.24. The van der Waals surface area contributed by atoms with Crippen molar-refractivity contribution in [3.8, 4) is 34.2 Å². The van der Waals surface area contributed by atoms with Crippen molar-refractivity contribution in [2.45, 2.75) is 6.23 Å². The molecule has 10 aromatic rings. The van der Waals surface area contributed by atoms with Gasteiger partial charge >= 0.3 is 0 Å². The molecule has 1 aliphatic rings. The van der Waals surface area contributed by atoms with E-state index in [2.05, 4.69) is 160 Å². The largest absolute Gasteiger partial charge is 0.446 e. The molecule has 0 spiro atoms. The third-order valence-corrected chi connectivity index (χ3v) is 10.5. The lowest BCUT2D eigenvalue weighted by atomic mass is 10.1. The highest BCUT2D eigenvalue weighted by atomic mass is 16.5. The molecule has 7 heteroatoms. The van der Waals surface area contributed by atoms with E-state index in [1.165, 1.54) is 0 Å². The third-order valence-electron chi connectivity index (χ3n) is 10.5. The lowest BCUT2D eigenvalue weighted by Gasteiger charge is -2.14. The Morgan fingerprint density at radius 2 is 0.982 bits per heavy atom. The fourth-order valence-corrected chi connectivity index (χ4v) is 8.05. The number of aromatic nitrogens is 4. The maximum absolute atomic E-state index is 6.72. The summed E-state index contributed by atoms with van der Waals surface area (Å²) in [6.07, 6.45) is -0.493. The Bertz CT molecular complexity index is 3110. The molecule has 1 unspecified atom stereocenters. The van der Waals surface area contributed by atoms with Gasteiger partial charge < -0.3 is 4.74 Å². The summed E-state index contributed by atoms with van der Waals surface area (Å²) < 4.78 is 11.2. The Morgan fingerprint density at radius 3 is 1.67 bits per heavy atom. The Labute approximate surface area is 316 Å². The van der Waals surface area contributed by atoms with E-state index in [0.29, 0.717) is 5.90 Å². The van der Waals surface area contributed by atoms with E-state index >= 15 is 0 Å². The Hall–Kier alpha value is -7.51. The molecule has 1 N–H and O–H groups in total. The quantitative estimate of drug-likeness (QED) is 0.187. The van der Waals surface area contributed by atoms with Crippen LogP contribution >= 0.6 is 0 Å². The van der Waals surface area contributed by atoms with Crippen LogP contribution in [0.15, 0.2) is 187 Å². The van der Waals surface area contributed by atoms with Crippen LogP contribution in [0.1, 0.15) is 17.4 Å². The van der Waals surface area contributed by atoms with Crippen LogP contribution < -0.4 is 5.43 Å². The van der Waals surface area contributed by atoms with Crippen LogP contribution in [0.3, 0.4) is 0 Å². The number of hydrazone groups is 1. The fraction of sp³-hybridized carbons (Fsp3) is 0.0208. The maximum atomic E-state index is 6.72. The van der Waals surface area contributed by atoms with Crippen molar-refractivity contribution in [2.24, 2.45) is 5.10 Å². The molecule has 1 aliphatic heterocycles. The van der Waals surface area contributed by atoms with Gasteiger partial charge in [-0.15, -0.1) is 5.10 Å². The number of para-hydroxylation sites is 2. The van der Waals surface area contributed by atoms with Crippen LogP contribution in [-0.4, -0.2) is 25.0 Å². The van der Waals surface area contributed by atoms with E-state index in [9.17, 15) is 0 Å². The monoisotopic (exact) mass is 708 g/mol. The van der Waals surface area contributed by atoms with Crippen molar-refractivity contribution in [1.82, 2.24) is 24.5 Å². The van der Waals surface area contributed by atoms with Gasteiger partial charge in [0.05, 0.1) is 33.5 Å². The molecular formula is C48H32N6O. The van der Waals surface area contributed by atoms with Gasteiger partial charge in [0, 0.05) is 43.8 Å². The summed E-state index contributed by atoms with van der Waals surface area (Å²) in [6, 6.07) is 62.7. The lowest BCUT2D eigenvalue weighted by Crippen LogP contribution is -2.13. The lowest BCUT2D eigenvalue weighted by molar-refractivity contribution is 0.193. The number of pyridine rings is 2. The predicted octanol–water partition coefficient (Wildman–Crippen LogP) is 11.0. The van der Waals surface area contributed by atoms with E-state index in [0.717, 1.165) is 88.9 Å². The van der Waals surface area contributed by atoms with Crippen LogP contribution in [0.5, 0.6) is 0 Å². The molecule has 11 rings (SSSR count). The molecule has 7 nitrogen and oxygen atoms in total. The van der Waals surface area contributed by atoms with Crippen LogP contribution in [0.4, 0.5) is 0 Å². The third kappa shape index (κ3) is 5.09. The summed E-state index contributed by atoms with van der Waals surface area (Å²) >= 11 is 0. The van der Waals surface area contributed by atoms with Crippen molar-refractivity contribution in [2.75, 3.05) is 0 Å². The van der Waals surface area contributed by atoms with Gasteiger partial charge in [0.25, 0.3) is 0 Å². The van der Waals surface area contributed by atoms with Gasteiger partial charge in [0.2, 0.25) is 12.1 Å². The zero-order chi connectivity index (χ0) is 36.3. The molecule has 0 fully saturated rings. The van der Waals surface area contributed by atoms with E-state index in [4.69, 9.17) is 19.8 Å². The van der Waals surface area contributed by atoms with E-state index in [1.807, 2.05) is 36.4 Å². The molecule has 0 amide bonds. The van der Waals surface area contributed by atoms with Gasteiger partial charge in [-0.1, -0.05) is 127 Å². The molecular weight excluding hydrogens is 677 g/mol. The van der Waals surface area contributed by atoms with Gasteiger partial charge in [0.1, 0.15) is 11.6 Å². The molecule has 4 aromatic heterocycles. The first kappa shape index (κ1) is 31.1. The Morgan fingerprint density at radius 1 is 0.436 bits per heavy atom. The highest BCUT2D eigenvalue weighted by Gasteiger charge is 2.27. The van der Waals surface area contributed by atoms with Gasteiger partial charge in [-0.2, -0.15) is 0 Å². The first-order valence-corrected chi connectivity index (χ1v) is 18.4. The highest BCUT2D eigenvalue weighted by Crippen LogP contribution is 2.39. The minimum absolute atomic E-state index is 0.493. The molecule has 0 bridgehead atoms. The van der Waals surface area contributed by atoms with E-state index < -0.39 is 6.23 Å². The second-order valence-corrected chi connectivity index (χ2v) is 13.7. The van der Waals surface area contributed by atoms with Crippen LogP contribution in [0, 0.1) is 0 Å². The summed E-state index contributed by atoms with van der Waals surface area (Å²) in [7, 11) is 0. The molecule has 0 saturated carbocycles. The zero-order valence-corrected chi connectivity index (χ0v) is 29.5. The average molecular weight is 709 g/mol. The van der Waals surface area contributed by atoms with Crippen LogP contribution in [-0.2, 0) is 4.74 Å². The second kappa shape index (κ2) is 12.6. The molecule has 0 aliphatic carbocycles. The summed E-state index contributed by atoms with van der Waals surface area (Å²) in [5, 5.41) is 9.29. The average Bonchev–Trinajstić information content (AvgIpc) is 3.97. The highest BCUT2D eigenvalue weighted by molar-refractivity contribution is 6.12. The van der Waals surface area contributed by atoms with E-state index in [1.54, 1.807) is 0 Å². The van der Waals surface area contributed by atoms with Gasteiger partial charge in [-0.3, -0.25) is 14.6 Å². The summed E-state index contributed by atoms with van der Waals surface area (Å²) in [6.45, 7) is 0. The maximum Gasteiger partial charge on any atom is 0.240 e. The SMILES string of the molecule is c1ccc(-c2cccc(-n3c4ccccc4c4ccc(C5=NNC(c6cccc7c6c6ccccc6n7-c6cccc(-c7ccccc7)n6)O5)cc43)n2)cc1. The topological polar surface area (TPSA) is 69.3 Å². The predicted molar refractivity (Wildman–Crippen MR) is 222 cm³/mol. The van der Waals surface area contributed by atoms with Crippen molar-refractivity contribution in [3.05, 3.63) is 193 Å². The van der Waals surface area contributed by atoms with Gasteiger partial charge in [-0.05, 0) is 54.6 Å². The second-order valence-electron chi connectivity index (χ2n) is 13.7. The first-order chi connectivity index (χ1) is 27.3. The van der Waals surface area contributed by atoms with Crippen molar-refractivity contribution in [3.63, 3.8) is 0 Å². The van der Waals surface area contributed by atoms with Crippen molar-refractivity contribution < 1.29 is 4.74 Å². The van der Waals surface area contributed by atoms with Gasteiger partial charge in [-0.25, -0.2) is 9.97 Å². The first-order valence-electron chi connectivity index (χ1n) is 18.4. The zero-order valence-electron chi connectivity index (χ0n) is 29.5. The van der Waals surface area contributed by atoms with E-state index in [-0.39, 0.29) is 0 Å². The standard InChI is InChI=1S/C48H32N6O/c1-3-14-31(15-4-1)38-21-12-26-44(49-38)53-41-24-10-8-19-36(41)46-37(20-11-25-42(46)53)48-52-51-47(55-48)33-28-29-35-34-18-7-9-23-40(34)54(43(35)30-33)45-27-13-22-39(50-45)32-16-5-2-6-17-32/h1-30,48,52H. The molecule has 55 heavy (non-hydrogen) atoms. The number of hydrogen-bond donors (Lipinski definition) is 1. The minimum Gasteiger partial charge on any atom is -0.446 e. The van der Waals surface area contributed by atoms with Gasteiger partial charge in [0.15, 0.2) is 0 Å². The Kier molecular flexibility index (Phi) is 7.10. The van der Waals surface area contributed by atoms with Crippen LogP contribution in [0.25, 0.3) is 77.8 Å². The number of hydrogen-bond acceptors (Lipinski definition) is 5. The normalized spacial score (nSPS) is 14.0. The molecule has 1 atom stereocenters. The summed E-state index contributed by atoms with van der Waals surface area (Å²) in [5.41, 5.74) is 13.4. The molecule has 260 valence electrons. The number of nitrogens with zero attached hydrogens (tertiary/aromatic N) is 5. The molecule has 5 heterocycles. The van der Waals surface area contributed by atoms with Crippen molar-refractivity contribution in [1.29, 1.82) is 0 Å². The number of rotatable bonds is 6. The Balaban J connectivity index is 0.989. The molecule has 0 radical (unpaired) electrons. The number of benzene rings is 6. The minimum atomic E-state index is -0.493. The van der Waals surface area contributed by atoms with Crippen LogP contribution in [0.2, 0.25) is 0 Å². The molecule has 0 saturated heterocycles. The number of fused-ring (bicyclic) bond motifs is 6. The summed E-state index contributed by atoms with van der Waals surface area (Å²) in [4.78, 5) is 10.3. The molecule has 6 aromatic carbocycles.